The third-order valence-corrected chi connectivity index (χ3v) is 4.51. The molecule has 2 atom stereocenters. The van der Waals surface area contributed by atoms with Crippen molar-refractivity contribution in [2.45, 2.75) is 44.2 Å². The SMILES string of the molecule is O=C(O)C1c2ccccc2CCN1C(=O)CC1CCCCO1. The molecule has 0 saturated carbocycles. The molecule has 2 unspecified atom stereocenters. The van der Waals surface area contributed by atoms with Gasteiger partial charge in [0.05, 0.1) is 12.5 Å². The summed E-state index contributed by atoms with van der Waals surface area (Å²) < 4.78 is 5.61. The summed E-state index contributed by atoms with van der Waals surface area (Å²) in [5.74, 6) is -1.08. The molecule has 1 aromatic carbocycles. The van der Waals surface area contributed by atoms with Crippen LogP contribution in [0.25, 0.3) is 0 Å². The van der Waals surface area contributed by atoms with Crippen molar-refractivity contribution in [2.75, 3.05) is 13.2 Å². The van der Waals surface area contributed by atoms with E-state index in [1.165, 1.54) is 4.90 Å². The van der Waals surface area contributed by atoms with Crippen molar-refractivity contribution >= 4 is 11.9 Å². The Labute approximate surface area is 129 Å². The summed E-state index contributed by atoms with van der Waals surface area (Å²) in [4.78, 5) is 25.8. The summed E-state index contributed by atoms with van der Waals surface area (Å²) in [6.45, 7) is 1.16. The van der Waals surface area contributed by atoms with Gasteiger partial charge in [-0.05, 0) is 36.8 Å². The molecule has 0 radical (unpaired) electrons. The molecule has 5 heteroatoms. The molecule has 0 aromatic heterocycles. The molecule has 22 heavy (non-hydrogen) atoms. The van der Waals surface area contributed by atoms with Crippen LogP contribution < -0.4 is 0 Å². The first-order valence-electron chi connectivity index (χ1n) is 7.88. The number of ether oxygens (including phenoxy) is 1. The average molecular weight is 303 g/mol. The van der Waals surface area contributed by atoms with Gasteiger partial charge >= 0.3 is 5.97 Å². The lowest BCUT2D eigenvalue weighted by Gasteiger charge is -2.36. The number of carbonyl (C=O) groups excluding carboxylic acids is 1. The van der Waals surface area contributed by atoms with Gasteiger partial charge in [-0.15, -0.1) is 0 Å². The van der Waals surface area contributed by atoms with Crippen molar-refractivity contribution in [3.05, 3.63) is 35.4 Å². The number of benzene rings is 1. The topological polar surface area (TPSA) is 66.8 Å². The van der Waals surface area contributed by atoms with Crippen LogP contribution in [0.1, 0.15) is 42.9 Å². The molecule has 1 aromatic rings. The first-order chi connectivity index (χ1) is 10.7. The van der Waals surface area contributed by atoms with E-state index in [0.29, 0.717) is 19.6 Å². The van der Waals surface area contributed by atoms with Gasteiger partial charge in [0.1, 0.15) is 0 Å². The van der Waals surface area contributed by atoms with E-state index in [-0.39, 0.29) is 18.4 Å². The fourth-order valence-electron chi connectivity index (χ4n) is 3.38. The highest BCUT2D eigenvalue weighted by Crippen LogP contribution is 2.31. The predicted molar refractivity (Wildman–Crippen MR) is 80.4 cm³/mol. The lowest BCUT2D eigenvalue weighted by atomic mass is 9.92. The van der Waals surface area contributed by atoms with Crippen LogP contribution in [0, 0.1) is 0 Å². The van der Waals surface area contributed by atoms with E-state index in [4.69, 9.17) is 4.74 Å². The zero-order valence-electron chi connectivity index (χ0n) is 12.5. The van der Waals surface area contributed by atoms with E-state index in [1.807, 2.05) is 24.3 Å². The highest BCUT2D eigenvalue weighted by Gasteiger charge is 2.36. The van der Waals surface area contributed by atoms with Crippen LogP contribution in [0.2, 0.25) is 0 Å². The summed E-state index contributed by atoms with van der Waals surface area (Å²) >= 11 is 0. The molecular formula is C17H21NO4. The van der Waals surface area contributed by atoms with Gasteiger partial charge in [-0.2, -0.15) is 0 Å². The van der Waals surface area contributed by atoms with Crippen LogP contribution in [0.3, 0.4) is 0 Å². The number of hydrogen-bond acceptors (Lipinski definition) is 3. The zero-order chi connectivity index (χ0) is 15.5. The maximum atomic E-state index is 12.6. The number of aliphatic carboxylic acids is 1. The molecule has 1 saturated heterocycles. The summed E-state index contributed by atoms with van der Waals surface area (Å²) in [7, 11) is 0. The van der Waals surface area contributed by atoms with E-state index >= 15 is 0 Å². The number of carboxylic acid groups (broad SMARTS) is 1. The highest BCUT2D eigenvalue weighted by molar-refractivity contribution is 5.85. The normalized spacial score (nSPS) is 24.6. The van der Waals surface area contributed by atoms with Crippen molar-refractivity contribution in [3.8, 4) is 0 Å². The predicted octanol–water partition coefficient (Wildman–Crippen LogP) is 2.16. The van der Waals surface area contributed by atoms with Gasteiger partial charge < -0.3 is 14.7 Å². The van der Waals surface area contributed by atoms with Crippen LogP contribution in [-0.2, 0) is 20.7 Å². The number of rotatable bonds is 3. The Balaban J connectivity index is 1.77. The number of nitrogens with zero attached hydrogens (tertiary/aromatic N) is 1. The van der Waals surface area contributed by atoms with Crippen molar-refractivity contribution in [1.29, 1.82) is 0 Å². The second kappa shape index (κ2) is 6.48. The van der Waals surface area contributed by atoms with Gasteiger partial charge in [-0.3, -0.25) is 4.79 Å². The number of carbonyl (C=O) groups is 2. The Morgan fingerprint density at radius 1 is 1.27 bits per heavy atom. The van der Waals surface area contributed by atoms with E-state index in [9.17, 15) is 14.7 Å². The number of fused-ring (bicyclic) bond motifs is 1. The molecule has 118 valence electrons. The minimum absolute atomic E-state index is 0.0622. The van der Waals surface area contributed by atoms with Gasteiger partial charge in [0.25, 0.3) is 0 Å². The fourth-order valence-corrected chi connectivity index (χ4v) is 3.38. The molecule has 1 fully saturated rings. The molecule has 2 aliphatic rings. The van der Waals surface area contributed by atoms with E-state index < -0.39 is 12.0 Å². The summed E-state index contributed by atoms with van der Waals surface area (Å²) in [6, 6.07) is 6.61. The summed E-state index contributed by atoms with van der Waals surface area (Å²) in [6.07, 6.45) is 3.92. The number of hydrogen-bond donors (Lipinski definition) is 1. The molecule has 0 aliphatic carbocycles. The minimum atomic E-state index is -0.968. The monoisotopic (exact) mass is 303 g/mol. The largest absolute Gasteiger partial charge is 0.479 e. The lowest BCUT2D eigenvalue weighted by molar-refractivity contribution is -0.152. The molecule has 0 bridgehead atoms. The molecule has 1 N–H and O–H groups in total. The second-order valence-electron chi connectivity index (χ2n) is 5.97. The Kier molecular flexibility index (Phi) is 4.43. The van der Waals surface area contributed by atoms with Gasteiger partial charge in [0.2, 0.25) is 5.91 Å². The van der Waals surface area contributed by atoms with Crippen LogP contribution in [-0.4, -0.2) is 41.1 Å². The second-order valence-corrected chi connectivity index (χ2v) is 5.97. The smallest absolute Gasteiger partial charge is 0.331 e. The third-order valence-electron chi connectivity index (χ3n) is 4.51. The summed E-state index contributed by atoms with van der Waals surface area (Å²) in [5.41, 5.74) is 1.76. The first kappa shape index (κ1) is 15.0. The first-order valence-corrected chi connectivity index (χ1v) is 7.88. The standard InChI is InChI=1S/C17H21NO4/c19-15(11-13-6-3-4-10-22-13)18-9-8-12-5-1-2-7-14(12)16(18)17(20)21/h1-2,5,7,13,16H,3-4,6,8-11H2,(H,20,21). The molecular weight excluding hydrogens is 282 g/mol. The quantitative estimate of drug-likeness (QED) is 0.929. The van der Waals surface area contributed by atoms with E-state index in [0.717, 1.165) is 30.4 Å². The van der Waals surface area contributed by atoms with Crippen molar-refractivity contribution in [3.63, 3.8) is 0 Å². The van der Waals surface area contributed by atoms with Gasteiger partial charge in [0.15, 0.2) is 6.04 Å². The lowest BCUT2D eigenvalue weighted by Crippen LogP contribution is -2.44. The van der Waals surface area contributed by atoms with Crippen molar-refractivity contribution in [2.24, 2.45) is 0 Å². The van der Waals surface area contributed by atoms with Crippen molar-refractivity contribution in [1.82, 2.24) is 4.90 Å². The van der Waals surface area contributed by atoms with E-state index in [2.05, 4.69) is 0 Å². The van der Waals surface area contributed by atoms with Crippen molar-refractivity contribution < 1.29 is 19.4 Å². The number of amides is 1. The minimum Gasteiger partial charge on any atom is -0.479 e. The van der Waals surface area contributed by atoms with Crippen LogP contribution in [0.15, 0.2) is 24.3 Å². The van der Waals surface area contributed by atoms with Gasteiger partial charge in [-0.25, -0.2) is 4.79 Å². The van der Waals surface area contributed by atoms with Crippen LogP contribution >= 0.6 is 0 Å². The van der Waals surface area contributed by atoms with Gasteiger partial charge in [0, 0.05) is 13.2 Å². The van der Waals surface area contributed by atoms with Crippen LogP contribution in [0.4, 0.5) is 0 Å². The number of carboxylic acids is 1. The Morgan fingerprint density at radius 3 is 2.82 bits per heavy atom. The molecule has 3 rings (SSSR count). The third kappa shape index (κ3) is 2.99. The molecule has 5 nitrogen and oxygen atoms in total. The Bertz CT molecular complexity index is 566. The van der Waals surface area contributed by atoms with Gasteiger partial charge in [-0.1, -0.05) is 24.3 Å². The maximum Gasteiger partial charge on any atom is 0.331 e. The Hall–Kier alpha value is -1.88. The molecule has 0 spiro atoms. The molecule has 2 heterocycles. The molecule has 1 amide bonds. The maximum absolute atomic E-state index is 12.6. The highest BCUT2D eigenvalue weighted by atomic mass is 16.5. The fraction of sp³-hybridized carbons (Fsp3) is 0.529. The van der Waals surface area contributed by atoms with Crippen LogP contribution in [0.5, 0.6) is 0 Å². The zero-order valence-corrected chi connectivity index (χ0v) is 12.5. The summed E-state index contributed by atoms with van der Waals surface area (Å²) in [5, 5.41) is 9.59. The van der Waals surface area contributed by atoms with E-state index in [1.54, 1.807) is 0 Å². The average Bonchev–Trinajstić information content (AvgIpc) is 2.54. The Morgan fingerprint density at radius 2 is 2.09 bits per heavy atom. The molecule has 2 aliphatic heterocycles.